The summed E-state index contributed by atoms with van der Waals surface area (Å²) in [6.45, 7) is 0.772. The minimum atomic E-state index is -0.170. The second-order valence-electron chi connectivity index (χ2n) is 9.18. The zero-order valence-electron chi connectivity index (χ0n) is 21.2. The second-order valence-corrected chi connectivity index (χ2v) is 9.18. The lowest BCUT2D eigenvalue weighted by Gasteiger charge is -2.12. The highest BCUT2D eigenvalue weighted by Gasteiger charge is 2.16. The van der Waals surface area contributed by atoms with Gasteiger partial charge >= 0.3 is 0 Å². The van der Waals surface area contributed by atoms with E-state index in [-0.39, 0.29) is 5.91 Å². The summed E-state index contributed by atoms with van der Waals surface area (Å²) in [5.41, 5.74) is 7.25. The number of pyridine rings is 1. The molecule has 0 radical (unpaired) electrons. The number of carbonyl (C=O) groups is 1. The molecule has 0 saturated carbocycles. The Balaban J connectivity index is 1.26. The van der Waals surface area contributed by atoms with Crippen LogP contribution in [-0.2, 0) is 13.2 Å². The van der Waals surface area contributed by atoms with E-state index in [1.165, 1.54) is 5.56 Å². The lowest BCUT2D eigenvalue weighted by Crippen LogP contribution is -2.22. The van der Waals surface area contributed by atoms with Gasteiger partial charge in [-0.1, -0.05) is 91.0 Å². The van der Waals surface area contributed by atoms with E-state index in [0.717, 1.165) is 27.8 Å². The van der Waals surface area contributed by atoms with Gasteiger partial charge in [0.1, 0.15) is 12.1 Å². The maximum atomic E-state index is 12.9. The molecule has 2 heterocycles. The molecule has 0 bridgehead atoms. The third-order valence-electron chi connectivity index (χ3n) is 6.50. The molecule has 6 heteroatoms. The molecule has 2 aromatic heterocycles. The fraction of sp³-hybridized carbons (Fsp3) is 0.0606. The van der Waals surface area contributed by atoms with Crippen LogP contribution in [0.1, 0.15) is 21.5 Å². The van der Waals surface area contributed by atoms with Crippen LogP contribution in [0.25, 0.3) is 33.5 Å². The van der Waals surface area contributed by atoms with Gasteiger partial charge in [-0.2, -0.15) is 4.73 Å². The van der Waals surface area contributed by atoms with E-state index in [1.54, 1.807) is 29.3 Å². The molecule has 0 saturated heterocycles. The Kier molecular flexibility index (Phi) is 6.82. The third kappa shape index (κ3) is 5.40. The molecule has 39 heavy (non-hydrogen) atoms. The fourth-order valence-corrected chi connectivity index (χ4v) is 4.45. The quantitative estimate of drug-likeness (QED) is 0.260. The highest BCUT2D eigenvalue weighted by atomic mass is 16.7. The van der Waals surface area contributed by atoms with Crippen LogP contribution in [0.3, 0.4) is 0 Å². The second kappa shape index (κ2) is 11.0. The van der Waals surface area contributed by atoms with E-state index >= 15 is 0 Å². The number of hydrogen-bond acceptors (Lipinski definition) is 4. The maximum absolute atomic E-state index is 12.9. The SMILES string of the molecule is O=C(NCc1cccnc1)c1ccc2c(c1)nc(-c1ccccc1)n2OCc1ccc(-c2ccccc2)cc1. The summed E-state index contributed by atoms with van der Waals surface area (Å²) >= 11 is 0. The Labute approximate surface area is 226 Å². The van der Waals surface area contributed by atoms with Crippen molar-refractivity contribution in [1.29, 1.82) is 0 Å². The molecule has 190 valence electrons. The molecule has 0 atom stereocenters. The molecule has 0 unspecified atom stereocenters. The number of rotatable bonds is 8. The van der Waals surface area contributed by atoms with Crippen LogP contribution in [0, 0.1) is 0 Å². The zero-order valence-corrected chi connectivity index (χ0v) is 21.2. The molecule has 4 aromatic carbocycles. The first kappa shape index (κ1) is 24.1. The first-order valence-corrected chi connectivity index (χ1v) is 12.8. The fourth-order valence-electron chi connectivity index (χ4n) is 4.45. The zero-order chi connectivity index (χ0) is 26.4. The minimum absolute atomic E-state index is 0.170. The van der Waals surface area contributed by atoms with Gasteiger partial charge in [0.05, 0.1) is 5.52 Å². The van der Waals surface area contributed by atoms with Crippen molar-refractivity contribution in [1.82, 2.24) is 20.0 Å². The monoisotopic (exact) mass is 510 g/mol. The van der Waals surface area contributed by atoms with Crippen LogP contribution >= 0.6 is 0 Å². The van der Waals surface area contributed by atoms with Crippen molar-refractivity contribution >= 4 is 16.9 Å². The van der Waals surface area contributed by atoms with Gasteiger partial charge in [0.15, 0.2) is 5.82 Å². The highest BCUT2D eigenvalue weighted by molar-refractivity contribution is 5.97. The first-order valence-electron chi connectivity index (χ1n) is 12.8. The average molecular weight is 511 g/mol. The molecule has 1 N–H and O–H groups in total. The number of carbonyl (C=O) groups excluding carboxylic acids is 1. The summed E-state index contributed by atoms with van der Waals surface area (Å²) in [6.07, 6.45) is 3.45. The molecule has 0 aliphatic rings. The van der Waals surface area contributed by atoms with E-state index in [1.807, 2.05) is 66.7 Å². The molecule has 6 nitrogen and oxygen atoms in total. The average Bonchev–Trinajstić information content (AvgIpc) is 3.38. The number of amides is 1. The van der Waals surface area contributed by atoms with Crippen LogP contribution in [0.2, 0.25) is 0 Å². The number of aromatic nitrogens is 3. The molecule has 0 fully saturated rings. The largest absolute Gasteiger partial charge is 0.407 e. The van der Waals surface area contributed by atoms with Crippen LogP contribution < -0.4 is 10.2 Å². The van der Waals surface area contributed by atoms with E-state index in [4.69, 9.17) is 9.82 Å². The van der Waals surface area contributed by atoms with Crippen molar-refractivity contribution in [3.8, 4) is 22.5 Å². The Hall–Kier alpha value is -5.23. The molecule has 0 aliphatic heterocycles. The summed E-state index contributed by atoms with van der Waals surface area (Å²) in [6, 6.07) is 37.8. The number of benzene rings is 4. The van der Waals surface area contributed by atoms with E-state index in [0.29, 0.717) is 30.1 Å². The molecule has 6 aromatic rings. The van der Waals surface area contributed by atoms with Gasteiger partial charge in [-0.05, 0) is 46.5 Å². The Morgan fingerprint density at radius 2 is 1.46 bits per heavy atom. The van der Waals surface area contributed by atoms with Gasteiger partial charge in [0.25, 0.3) is 5.91 Å². The van der Waals surface area contributed by atoms with Crippen molar-refractivity contribution < 1.29 is 9.63 Å². The molecular formula is C33H26N4O2. The first-order chi connectivity index (χ1) is 19.2. The topological polar surface area (TPSA) is 69.0 Å². The van der Waals surface area contributed by atoms with Crippen molar-refractivity contribution in [2.24, 2.45) is 0 Å². The maximum Gasteiger partial charge on any atom is 0.251 e. The van der Waals surface area contributed by atoms with E-state index < -0.39 is 0 Å². The van der Waals surface area contributed by atoms with Gasteiger partial charge in [-0.25, -0.2) is 4.98 Å². The predicted octanol–water partition coefficient (Wildman–Crippen LogP) is 6.32. The summed E-state index contributed by atoms with van der Waals surface area (Å²) in [4.78, 5) is 28.2. The van der Waals surface area contributed by atoms with Crippen molar-refractivity contribution in [3.05, 3.63) is 144 Å². The van der Waals surface area contributed by atoms with E-state index in [2.05, 4.69) is 46.7 Å². The summed E-state index contributed by atoms with van der Waals surface area (Å²) in [5.74, 6) is 0.510. The normalized spacial score (nSPS) is 10.9. The van der Waals surface area contributed by atoms with Gasteiger partial charge in [0.2, 0.25) is 0 Å². The number of nitrogens with zero attached hydrogens (tertiary/aromatic N) is 3. The van der Waals surface area contributed by atoms with Gasteiger partial charge in [0, 0.05) is 30.1 Å². The predicted molar refractivity (Wildman–Crippen MR) is 153 cm³/mol. The minimum Gasteiger partial charge on any atom is -0.407 e. The van der Waals surface area contributed by atoms with Crippen molar-refractivity contribution in [2.75, 3.05) is 0 Å². The summed E-state index contributed by atoms with van der Waals surface area (Å²) < 4.78 is 1.76. The van der Waals surface area contributed by atoms with Crippen LogP contribution in [-0.4, -0.2) is 20.6 Å². The van der Waals surface area contributed by atoms with Crippen molar-refractivity contribution in [2.45, 2.75) is 13.2 Å². The smallest absolute Gasteiger partial charge is 0.251 e. The number of fused-ring (bicyclic) bond motifs is 1. The standard InChI is InChI=1S/C33H26N4O2/c38-33(35-22-25-8-7-19-34-21-25)29-17-18-31-30(20-29)36-32(28-11-5-2-6-12-28)37(31)39-23-24-13-15-27(16-14-24)26-9-3-1-4-10-26/h1-21H,22-23H2,(H,35,38). The van der Waals surface area contributed by atoms with E-state index in [9.17, 15) is 4.79 Å². The van der Waals surface area contributed by atoms with Crippen LogP contribution in [0.5, 0.6) is 0 Å². The summed E-state index contributed by atoms with van der Waals surface area (Å²) in [5, 5.41) is 2.95. The van der Waals surface area contributed by atoms with Gasteiger partial charge < -0.3 is 10.2 Å². The molecule has 6 rings (SSSR count). The van der Waals surface area contributed by atoms with Crippen LogP contribution in [0.15, 0.2) is 128 Å². The highest BCUT2D eigenvalue weighted by Crippen LogP contribution is 2.26. The molecule has 0 spiro atoms. The lowest BCUT2D eigenvalue weighted by molar-refractivity contribution is 0.0951. The number of imidazole rings is 1. The number of hydrogen-bond donors (Lipinski definition) is 1. The Morgan fingerprint density at radius 1 is 0.744 bits per heavy atom. The molecule has 0 aliphatic carbocycles. The van der Waals surface area contributed by atoms with Gasteiger partial charge in [-0.3, -0.25) is 9.78 Å². The van der Waals surface area contributed by atoms with Crippen LogP contribution in [0.4, 0.5) is 0 Å². The van der Waals surface area contributed by atoms with Crippen molar-refractivity contribution in [3.63, 3.8) is 0 Å². The molecule has 1 amide bonds. The Morgan fingerprint density at radius 3 is 2.18 bits per heavy atom. The third-order valence-corrected chi connectivity index (χ3v) is 6.50. The summed E-state index contributed by atoms with van der Waals surface area (Å²) in [7, 11) is 0. The lowest BCUT2D eigenvalue weighted by atomic mass is 10.0. The number of nitrogens with one attached hydrogen (secondary N) is 1. The molecular weight excluding hydrogens is 484 g/mol. The van der Waals surface area contributed by atoms with Gasteiger partial charge in [-0.15, -0.1) is 0 Å². The Bertz CT molecular complexity index is 1700.